The molecule has 2 unspecified atom stereocenters. The van der Waals surface area contributed by atoms with Crippen LogP contribution in [-0.4, -0.2) is 36.0 Å². The second kappa shape index (κ2) is 5.43. The van der Waals surface area contributed by atoms with Crippen LogP contribution in [0.25, 0.3) is 0 Å². The molecule has 2 rings (SSSR count). The average molecular weight is 266 g/mol. The minimum atomic E-state index is -0.235. The van der Waals surface area contributed by atoms with Crippen LogP contribution in [-0.2, 0) is 4.79 Å². The fourth-order valence-electron chi connectivity index (χ4n) is 3.69. The van der Waals surface area contributed by atoms with E-state index in [4.69, 9.17) is 0 Å². The molecule has 19 heavy (non-hydrogen) atoms. The Kier molecular flexibility index (Phi) is 4.24. The summed E-state index contributed by atoms with van der Waals surface area (Å²) >= 11 is 0. The van der Waals surface area contributed by atoms with Crippen LogP contribution >= 0.6 is 0 Å². The third-order valence-electron chi connectivity index (χ3n) is 5.03. The SMILES string of the molecule is CCCC1(C(=O)N2CCC(C(C)(C)C)C2)CCCN1. The molecular formula is C16H30N2O. The lowest BCUT2D eigenvalue weighted by Gasteiger charge is -2.33. The highest BCUT2D eigenvalue weighted by Gasteiger charge is 2.45. The molecule has 2 fully saturated rings. The number of carbonyl (C=O) groups excluding carboxylic acids is 1. The highest BCUT2D eigenvalue weighted by atomic mass is 16.2. The van der Waals surface area contributed by atoms with Gasteiger partial charge in [0.2, 0.25) is 5.91 Å². The maximum absolute atomic E-state index is 12.9. The van der Waals surface area contributed by atoms with Crippen LogP contribution in [0.4, 0.5) is 0 Å². The van der Waals surface area contributed by atoms with Crippen LogP contribution in [0.3, 0.4) is 0 Å². The highest BCUT2D eigenvalue weighted by molar-refractivity contribution is 5.87. The number of amides is 1. The Bertz CT molecular complexity index is 326. The van der Waals surface area contributed by atoms with Crippen molar-refractivity contribution < 1.29 is 4.79 Å². The second-order valence-corrected chi connectivity index (χ2v) is 7.47. The number of hydrogen-bond acceptors (Lipinski definition) is 2. The Morgan fingerprint density at radius 2 is 2.16 bits per heavy atom. The Morgan fingerprint density at radius 1 is 1.42 bits per heavy atom. The lowest BCUT2D eigenvalue weighted by molar-refractivity contribution is -0.137. The molecule has 110 valence electrons. The molecule has 2 atom stereocenters. The quantitative estimate of drug-likeness (QED) is 0.852. The van der Waals surface area contributed by atoms with Crippen molar-refractivity contribution >= 4 is 5.91 Å². The van der Waals surface area contributed by atoms with Crippen molar-refractivity contribution in [1.82, 2.24) is 10.2 Å². The van der Waals surface area contributed by atoms with Gasteiger partial charge in [-0.1, -0.05) is 34.1 Å². The fourth-order valence-corrected chi connectivity index (χ4v) is 3.69. The first kappa shape index (κ1) is 14.8. The first-order valence-electron chi connectivity index (χ1n) is 7.93. The molecule has 1 amide bonds. The van der Waals surface area contributed by atoms with Crippen molar-refractivity contribution in [2.24, 2.45) is 11.3 Å². The number of nitrogens with one attached hydrogen (secondary N) is 1. The Morgan fingerprint density at radius 3 is 2.63 bits per heavy atom. The van der Waals surface area contributed by atoms with Crippen LogP contribution in [0.1, 0.15) is 59.8 Å². The predicted molar refractivity (Wildman–Crippen MR) is 79.0 cm³/mol. The summed E-state index contributed by atoms with van der Waals surface area (Å²) in [5.41, 5.74) is 0.0809. The number of rotatable bonds is 3. The molecule has 2 aliphatic heterocycles. The molecule has 0 radical (unpaired) electrons. The summed E-state index contributed by atoms with van der Waals surface area (Å²) in [6.07, 6.45) is 5.40. The van der Waals surface area contributed by atoms with Gasteiger partial charge < -0.3 is 10.2 Å². The van der Waals surface area contributed by atoms with Gasteiger partial charge >= 0.3 is 0 Å². The molecule has 3 nitrogen and oxygen atoms in total. The lowest BCUT2D eigenvalue weighted by atomic mass is 9.80. The van der Waals surface area contributed by atoms with Gasteiger partial charge in [-0.2, -0.15) is 0 Å². The van der Waals surface area contributed by atoms with Gasteiger partial charge in [-0.25, -0.2) is 0 Å². The van der Waals surface area contributed by atoms with Crippen LogP contribution in [0.15, 0.2) is 0 Å². The summed E-state index contributed by atoms with van der Waals surface area (Å²) in [5, 5.41) is 3.51. The number of carbonyl (C=O) groups is 1. The predicted octanol–water partition coefficient (Wildman–Crippen LogP) is 2.80. The monoisotopic (exact) mass is 266 g/mol. The topological polar surface area (TPSA) is 32.3 Å². The summed E-state index contributed by atoms with van der Waals surface area (Å²) in [7, 11) is 0. The molecule has 0 saturated carbocycles. The molecule has 3 heteroatoms. The molecule has 0 aromatic heterocycles. The van der Waals surface area contributed by atoms with E-state index in [1.54, 1.807) is 0 Å². The van der Waals surface area contributed by atoms with E-state index in [9.17, 15) is 4.79 Å². The zero-order valence-corrected chi connectivity index (χ0v) is 13.1. The van der Waals surface area contributed by atoms with Crippen LogP contribution in [0.5, 0.6) is 0 Å². The van der Waals surface area contributed by atoms with Gasteiger partial charge in [0.1, 0.15) is 0 Å². The van der Waals surface area contributed by atoms with Crippen molar-refractivity contribution in [3.63, 3.8) is 0 Å². The van der Waals surface area contributed by atoms with Gasteiger partial charge in [0.15, 0.2) is 0 Å². The van der Waals surface area contributed by atoms with E-state index >= 15 is 0 Å². The van der Waals surface area contributed by atoms with Crippen molar-refractivity contribution in [3.05, 3.63) is 0 Å². The molecule has 0 spiro atoms. The molecule has 1 N–H and O–H groups in total. The van der Waals surface area contributed by atoms with E-state index in [2.05, 4.69) is 37.9 Å². The zero-order valence-electron chi connectivity index (χ0n) is 13.1. The fraction of sp³-hybridized carbons (Fsp3) is 0.938. The zero-order chi connectivity index (χ0) is 14.1. The van der Waals surface area contributed by atoms with Crippen molar-refractivity contribution in [3.8, 4) is 0 Å². The van der Waals surface area contributed by atoms with E-state index in [0.29, 0.717) is 17.2 Å². The summed E-state index contributed by atoms with van der Waals surface area (Å²) in [5.74, 6) is 1.02. The minimum absolute atomic E-state index is 0.235. The van der Waals surface area contributed by atoms with E-state index in [0.717, 1.165) is 51.7 Å². The first-order chi connectivity index (χ1) is 8.89. The maximum Gasteiger partial charge on any atom is 0.242 e. The van der Waals surface area contributed by atoms with Crippen LogP contribution in [0, 0.1) is 11.3 Å². The Labute approximate surface area is 118 Å². The average Bonchev–Trinajstić information content (AvgIpc) is 2.96. The van der Waals surface area contributed by atoms with Gasteiger partial charge in [-0.15, -0.1) is 0 Å². The number of likely N-dealkylation sites (tertiary alicyclic amines) is 1. The summed E-state index contributed by atoms with van der Waals surface area (Å²) in [6, 6.07) is 0. The molecule has 2 saturated heterocycles. The van der Waals surface area contributed by atoms with Crippen molar-refractivity contribution in [2.75, 3.05) is 19.6 Å². The van der Waals surface area contributed by atoms with Crippen molar-refractivity contribution in [2.45, 2.75) is 65.3 Å². The molecule has 0 bridgehead atoms. The molecule has 0 aliphatic carbocycles. The third-order valence-corrected chi connectivity index (χ3v) is 5.03. The molecule has 2 heterocycles. The van der Waals surface area contributed by atoms with Gasteiger partial charge in [0.05, 0.1) is 5.54 Å². The second-order valence-electron chi connectivity index (χ2n) is 7.47. The van der Waals surface area contributed by atoms with E-state index in [1.807, 2.05) is 0 Å². The smallest absolute Gasteiger partial charge is 0.242 e. The number of hydrogen-bond donors (Lipinski definition) is 1. The van der Waals surface area contributed by atoms with Gasteiger partial charge in [-0.05, 0) is 43.6 Å². The first-order valence-corrected chi connectivity index (χ1v) is 7.93. The molecule has 2 aliphatic rings. The van der Waals surface area contributed by atoms with Gasteiger partial charge in [0, 0.05) is 13.1 Å². The molecule has 0 aromatic rings. The van der Waals surface area contributed by atoms with Crippen LogP contribution < -0.4 is 5.32 Å². The largest absolute Gasteiger partial charge is 0.341 e. The molecular weight excluding hydrogens is 236 g/mol. The summed E-state index contributed by atoms with van der Waals surface area (Å²) in [6.45, 7) is 12.0. The summed E-state index contributed by atoms with van der Waals surface area (Å²) in [4.78, 5) is 15.0. The summed E-state index contributed by atoms with van der Waals surface area (Å²) < 4.78 is 0. The highest BCUT2D eigenvalue weighted by Crippen LogP contribution is 2.36. The van der Waals surface area contributed by atoms with E-state index in [1.165, 1.54) is 0 Å². The number of nitrogens with zero attached hydrogens (tertiary/aromatic N) is 1. The standard InChI is InChI=1S/C16H30N2O/c1-5-8-16(9-6-10-17-16)14(19)18-11-7-13(12-18)15(2,3)4/h13,17H,5-12H2,1-4H3. The lowest BCUT2D eigenvalue weighted by Crippen LogP contribution is -2.54. The van der Waals surface area contributed by atoms with Crippen LogP contribution in [0.2, 0.25) is 0 Å². The van der Waals surface area contributed by atoms with Gasteiger partial charge in [0.25, 0.3) is 0 Å². The molecule has 0 aromatic carbocycles. The third kappa shape index (κ3) is 2.96. The Hall–Kier alpha value is -0.570. The van der Waals surface area contributed by atoms with Gasteiger partial charge in [-0.3, -0.25) is 4.79 Å². The normalized spacial score (nSPS) is 32.0. The van der Waals surface area contributed by atoms with E-state index < -0.39 is 0 Å². The minimum Gasteiger partial charge on any atom is -0.341 e. The maximum atomic E-state index is 12.9. The van der Waals surface area contributed by atoms with E-state index in [-0.39, 0.29) is 5.54 Å². The van der Waals surface area contributed by atoms with Crippen molar-refractivity contribution in [1.29, 1.82) is 0 Å². The Balaban J connectivity index is 2.04.